The average molecular weight is 490 g/mol. The molecule has 1 fully saturated rings. The largest absolute Gasteiger partial charge is 0.355 e. The number of hydrogen-bond donors (Lipinski definition) is 2. The fraction of sp³-hybridized carbons (Fsp3) is 0.500. The maximum atomic E-state index is 13.2. The molecule has 9 heteroatoms. The topological polar surface area (TPSA) is 95.6 Å². The molecule has 1 saturated heterocycles. The number of fused-ring (bicyclic) bond motifs is 1. The third kappa shape index (κ3) is 4.72. The molecule has 178 valence electrons. The second-order valence-corrected chi connectivity index (χ2v) is 11.6. The van der Waals surface area contributed by atoms with Gasteiger partial charge < -0.3 is 10.6 Å². The van der Waals surface area contributed by atoms with Gasteiger partial charge in [-0.3, -0.25) is 9.59 Å². The number of nitrogens with one attached hydrogen (secondary N) is 2. The van der Waals surface area contributed by atoms with E-state index in [2.05, 4.69) is 10.6 Å². The molecule has 1 aliphatic carbocycles. The van der Waals surface area contributed by atoms with Gasteiger partial charge in [0, 0.05) is 30.1 Å². The summed E-state index contributed by atoms with van der Waals surface area (Å²) in [5.41, 5.74) is 1.95. The maximum absolute atomic E-state index is 13.2. The van der Waals surface area contributed by atoms with Crippen LogP contribution in [-0.4, -0.2) is 44.2 Å². The van der Waals surface area contributed by atoms with Crippen LogP contribution in [0.2, 0.25) is 0 Å². The van der Waals surface area contributed by atoms with E-state index in [4.69, 9.17) is 0 Å². The number of sulfonamides is 1. The lowest BCUT2D eigenvalue weighted by Gasteiger charge is -2.34. The van der Waals surface area contributed by atoms with E-state index in [-0.39, 0.29) is 22.8 Å². The van der Waals surface area contributed by atoms with Crippen LogP contribution in [0.25, 0.3) is 0 Å². The molecule has 2 N–H and O–H groups in total. The highest BCUT2D eigenvalue weighted by molar-refractivity contribution is 7.89. The number of carbonyl (C=O) groups excluding carboxylic acids is 2. The molecule has 0 radical (unpaired) electrons. The predicted octanol–water partition coefficient (Wildman–Crippen LogP) is 4.19. The van der Waals surface area contributed by atoms with Gasteiger partial charge in [-0.25, -0.2) is 8.42 Å². The predicted molar refractivity (Wildman–Crippen MR) is 131 cm³/mol. The first kappa shape index (κ1) is 23.9. The molecule has 1 aromatic carbocycles. The lowest BCUT2D eigenvalue weighted by molar-refractivity contribution is 0.0963. The summed E-state index contributed by atoms with van der Waals surface area (Å²) in [5, 5.41) is 6.13. The Labute approximate surface area is 199 Å². The minimum atomic E-state index is -3.60. The van der Waals surface area contributed by atoms with Crippen LogP contribution in [0.4, 0.5) is 5.00 Å². The van der Waals surface area contributed by atoms with Crippen LogP contribution < -0.4 is 10.6 Å². The lowest BCUT2D eigenvalue weighted by Crippen LogP contribution is -2.43. The Bertz CT molecular complexity index is 1140. The second-order valence-electron chi connectivity index (χ2n) is 8.65. The number of anilines is 1. The van der Waals surface area contributed by atoms with Gasteiger partial charge in [0.05, 0.1) is 10.5 Å². The number of nitrogens with zero attached hydrogens (tertiary/aromatic N) is 1. The van der Waals surface area contributed by atoms with E-state index in [0.29, 0.717) is 22.7 Å². The first-order chi connectivity index (χ1) is 15.9. The molecular formula is C24H31N3O4S2. The maximum Gasteiger partial charge on any atom is 0.256 e. The van der Waals surface area contributed by atoms with Crippen LogP contribution in [-0.2, 0) is 22.9 Å². The zero-order valence-corrected chi connectivity index (χ0v) is 20.8. The van der Waals surface area contributed by atoms with E-state index >= 15 is 0 Å². The summed E-state index contributed by atoms with van der Waals surface area (Å²) < 4.78 is 28.0. The lowest BCUT2D eigenvalue weighted by atomic mass is 9.95. The highest BCUT2D eigenvalue weighted by Crippen LogP contribution is 2.38. The first-order valence-corrected chi connectivity index (χ1v) is 13.9. The van der Waals surface area contributed by atoms with Crippen LogP contribution in [0, 0.1) is 0 Å². The van der Waals surface area contributed by atoms with Crippen molar-refractivity contribution in [2.24, 2.45) is 0 Å². The highest BCUT2D eigenvalue weighted by Gasteiger charge is 2.32. The summed E-state index contributed by atoms with van der Waals surface area (Å²) >= 11 is 1.46. The van der Waals surface area contributed by atoms with Crippen LogP contribution in [0.15, 0.2) is 29.2 Å². The number of hydrogen-bond acceptors (Lipinski definition) is 5. The van der Waals surface area contributed by atoms with Crippen LogP contribution >= 0.6 is 11.3 Å². The van der Waals surface area contributed by atoms with Gasteiger partial charge in [0.2, 0.25) is 10.0 Å². The SMILES string of the molecule is CC[C@@H]1CCCCN1S(=O)(=O)c1ccc(C(=O)Nc2sc3c(c2C(=O)NC)CCCC3)cc1. The zero-order valence-electron chi connectivity index (χ0n) is 19.1. The van der Waals surface area contributed by atoms with Gasteiger partial charge >= 0.3 is 0 Å². The summed E-state index contributed by atoms with van der Waals surface area (Å²) in [6.45, 7) is 2.55. The van der Waals surface area contributed by atoms with E-state index in [9.17, 15) is 18.0 Å². The fourth-order valence-corrected chi connectivity index (χ4v) is 7.86. The Kier molecular flexibility index (Phi) is 7.21. The van der Waals surface area contributed by atoms with Gasteiger partial charge in [0.15, 0.2) is 0 Å². The summed E-state index contributed by atoms with van der Waals surface area (Å²) in [4.78, 5) is 26.8. The Hall–Kier alpha value is -2.23. The van der Waals surface area contributed by atoms with Crippen molar-refractivity contribution in [2.45, 2.75) is 69.2 Å². The highest BCUT2D eigenvalue weighted by atomic mass is 32.2. The molecule has 0 unspecified atom stereocenters. The molecule has 2 aliphatic rings. The van der Waals surface area contributed by atoms with Crippen molar-refractivity contribution < 1.29 is 18.0 Å². The molecule has 1 aromatic heterocycles. The standard InChI is InChI=1S/C24H31N3O4S2/c1-3-17-8-6-7-15-27(17)33(30,31)18-13-11-16(12-14-18)22(28)26-24-21(23(29)25-2)19-9-4-5-10-20(19)32-24/h11-14,17H,3-10,15H2,1-2H3,(H,25,29)(H,26,28)/t17-/m1/s1. The molecule has 33 heavy (non-hydrogen) atoms. The van der Waals surface area contributed by atoms with Crippen molar-refractivity contribution in [2.75, 3.05) is 18.9 Å². The Morgan fingerprint density at radius 1 is 1.06 bits per heavy atom. The fourth-order valence-electron chi connectivity index (χ4n) is 4.81. The van der Waals surface area contributed by atoms with Gasteiger partial charge in [0.25, 0.3) is 11.8 Å². The van der Waals surface area contributed by atoms with Gasteiger partial charge in [-0.1, -0.05) is 13.3 Å². The zero-order chi connectivity index (χ0) is 23.6. The van der Waals surface area contributed by atoms with E-state index in [0.717, 1.165) is 61.8 Å². The molecule has 0 spiro atoms. The van der Waals surface area contributed by atoms with E-state index in [1.807, 2.05) is 6.92 Å². The number of carbonyl (C=O) groups is 2. The molecule has 0 saturated carbocycles. The summed E-state index contributed by atoms with van der Waals surface area (Å²) in [6, 6.07) is 6.12. The van der Waals surface area contributed by atoms with Gasteiger partial charge in [-0.2, -0.15) is 4.31 Å². The number of thiophene rings is 1. The number of piperidine rings is 1. The van der Waals surface area contributed by atoms with E-state index in [1.54, 1.807) is 23.5 Å². The van der Waals surface area contributed by atoms with Crippen molar-refractivity contribution in [1.29, 1.82) is 0 Å². The Morgan fingerprint density at radius 3 is 2.48 bits per heavy atom. The van der Waals surface area contributed by atoms with Crippen molar-refractivity contribution in [3.63, 3.8) is 0 Å². The summed E-state index contributed by atoms with van der Waals surface area (Å²) in [6.07, 6.45) is 7.47. The summed E-state index contributed by atoms with van der Waals surface area (Å²) in [5.74, 6) is -0.551. The van der Waals surface area contributed by atoms with Crippen molar-refractivity contribution in [3.05, 3.63) is 45.8 Å². The molecule has 0 bridgehead atoms. The molecular weight excluding hydrogens is 458 g/mol. The second kappa shape index (κ2) is 9.95. The molecule has 4 rings (SSSR count). The smallest absolute Gasteiger partial charge is 0.256 e. The first-order valence-electron chi connectivity index (χ1n) is 11.7. The third-order valence-electron chi connectivity index (χ3n) is 6.62. The van der Waals surface area contributed by atoms with Crippen LogP contribution in [0.5, 0.6) is 0 Å². The van der Waals surface area contributed by atoms with E-state index in [1.165, 1.54) is 23.5 Å². The van der Waals surface area contributed by atoms with Crippen molar-refractivity contribution in [1.82, 2.24) is 9.62 Å². The minimum Gasteiger partial charge on any atom is -0.355 e. The third-order valence-corrected chi connectivity index (χ3v) is 9.79. The van der Waals surface area contributed by atoms with Gasteiger partial charge in [-0.15, -0.1) is 11.3 Å². The number of rotatable bonds is 6. The van der Waals surface area contributed by atoms with Crippen molar-refractivity contribution >= 4 is 38.2 Å². The van der Waals surface area contributed by atoms with Crippen LogP contribution in [0.3, 0.4) is 0 Å². The normalized spacial score (nSPS) is 19.0. The molecule has 2 heterocycles. The van der Waals surface area contributed by atoms with Crippen LogP contribution in [0.1, 0.15) is 76.6 Å². The van der Waals surface area contributed by atoms with Crippen molar-refractivity contribution in [3.8, 4) is 0 Å². The van der Waals surface area contributed by atoms with Gasteiger partial charge in [0.1, 0.15) is 5.00 Å². The summed E-state index contributed by atoms with van der Waals surface area (Å²) in [7, 11) is -2.01. The molecule has 2 amide bonds. The van der Waals surface area contributed by atoms with Gasteiger partial charge in [-0.05, 0) is 74.8 Å². The number of amides is 2. The number of aryl methyl sites for hydroxylation is 1. The minimum absolute atomic E-state index is 0.0275. The Balaban J connectivity index is 1.55. The monoisotopic (exact) mass is 489 g/mol. The molecule has 7 nitrogen and oxygen atoms in total. The quantitative estimate of drug-likeness (QED) is 0.636. The molecule has 2 aromatic rings. The average Bonchev–Trinajstić information content (AvgIpc) is 3.21. The van der Waals surface area contributed by atoms with E-state index < -0.39 is 10.0 Å². The Morgan fingerprint density at radius 2 is 1.79 bits per heavy atom. The molecule has 1 aliphatic heterocycles. The molecule has 1 atom stereocenters. The number of benzene rings is 1.